The molecule has 0 saturated heterocycles. The van der Waals surface area contributed by atoms with E-state index < -0.39 is 11.0 Å². The quantitative estimate of drug-likeness (QED) is 0.419. The van der Waals surface area contributed by atoms with Gasteiger partial charge in [-0.3, -0.25) is 0 Å². The lowest BCUT2D eigenvalue weighted by Gasteiger charge is -2.43. The molecule has 33 heavy (non-hydrogen) atoms. The van der Waals surface area contributed by atoms with Gasteiger partial charge in [0.1, 0.15) is 0 Å². The predicted molar refractivity (Wildman–Crippen MR) is 137 cm³/mol. The summed E-state index contributed by atoms with van der Waals surface area (Å²) in [5, 5.41) is 13.7. The molecule has 0 radical (unpaired) electrons. The number of thioether (sulfide) groups is 1. The summed E-state index contributed by atoms with van der Waals surface area (Å²) in [5.74, 6) is -0.488. The number of allylic oxidation sites excluding steroid dienone is 1. The average molecular weight is 519 g/mol. The lowest BCUT2D eigenvalue weighted by atomic mass is 10.1. The Labute approximate surface area is 204 Å². The molecule has 6 nitrogen and oxygen atoms in total. The molecule has 0 aromatic heterocycles. The lowest BCUT2D eigenvalue weighted by Crippen LogP contribution is -2.53. The Morgan fingerprint density at radius 3 is 2.15 bits per heavy atom. The molecule has 2 heterocycles. The Kier molecular flexibility index (Phi) is 5.78. The van der Waals surface area contributed by atoms with Gasteiger partial charge in [-0.2, -0.15) is 10.2 Å². The molecule has 0 amide bonds. The molecule has 164 valence electrons. The third kappa shape index (κ3) is 3.96. The smallest absolute Gasteiger partial charge is 0.365 e. The van der Waals surface area contributed by atoms with Crippen molar-refractivity contribution in [2.75, 3.05) is 17.1 Å². The number of ether oxygens (including phenoxy) is 1. The number of halogens is 1. The fourth-order valence-corrected chi connectivity index (χ4v) is 5.09. The molecule has 1 atom stereocenters. The van der Waals surface area contributed by atoms with Gasteiger partial charge in [0.25, 0.3) is 0 Å². The lowest BCUT2D eigenvalue weighted by molar-refractivity contribution is -0.132. The van der Waals surface area contributed by atoms with E-state index in [9.17, 15) is 4.79 Å². The first kappa shape index (κ1) is 21.5. The second kappa shape index (κ2) is 8.88. The number of esters is 1. The van der Waals surface area contributed by atoms with Gasteiger partial charge in [-0.1, -0.05) is 64.5 Å². The van der Waals surface area contributed by atoms with Crippen molar-refractivity contribution in [2.45, 2.75) is 4.99 Å². The van der Waals surface area contributed by atoms with Crippen LogP contribution in [0.15, 0.2) is 112 Å². The van der Waals surface area contributed by atoms with Crippen LogP contribution in [0.25, 0.3) is 0 Å². The van der Waals surface area contributed by atoms with Crippen LogP contribution < -0.4 is 10.0 Å². The van der Waals surface area contributed by atoms with Crippen LogP contribution in [0, 0.1) is 0 Å². The maximum atomic E-state index is 12.5. The van der Waals surface area contributed by atoms with E-state index in [0.717, 1.165) is 27.1 Å². The minimum absolute atomic E-state index is 0.254. The number of nitrogens with zero attached hydrogens (tertiary/aromatic N) is 4. The SMILES string of the molecule is COC(=O)C1=NN(c2ccc(Br)cc2)[C@@]2(C=CC(c3ccccc3)=NN2c2ccccc2)S1. The van der Waals surface area contributed by atoms with Gasteiger partial charge in [0.05, 0.1) is 24.2 Å². The van der Waals surface area contributed by atoms with Crippen LogP contribution in [0.2, 0.25) is 0 Å². The molecular formula is C25H19BrN4O2S. The second-order valence-corrected chi connectivity index (χ2v) is 9.38. The normalized spacial score (nSPS) is 19.5. The first-order valence-electron chi connectivity index (χ1n) is 10.2. The van der Waals surface area contributed by atoms with Gasteiger partial charge >= 0.3 is 5.97 Å². The van der Waals surface area contributed by atoms with E-state index in [1.807, 2.05) is 107 Å². The summed E-state index contributed by atoms with van der Waals surface area (Å²) in [6, 6.07) is 27.6. The van der Waals surface area contributed by atoms with Crippen LogP contribution in [0.3, 0.4) is 0 Å². The Hall–Kier alpha value is -3.36. The standard InChI is InChI=1S/C25H19BrN4O2S/c1-32-24(31)23-28-30(21-14-12-19(26)13-15-21)25(33-23)17-16-22(18-8-4-2-5-9-18)27-29(25)20-10-6-3-7-11-20/h2-17H,1H3/t25-/m0/s1. The molecular weight excluding hydrogens is 500 g/mol. The molecule has 0 aliphatic carbocycles. The highest BCUT2D eigenvalue weighted by Crippen LogP contribution is 2.48. The van der Waals surface area contributed by atoms with E-state index in [1.165, 1.54) is 18.9 Å². The van der Waals surface area contributed by atoms with Crippen molar-refractivity contribution in [2.24, 2.45) is 10.2 Å². The Morgan fingerprint density at radius 1 is 0.879 bits per heavy atom. The van der Waals surface area contributed by atoms with E-state index in [2.05, 4.69) is 21.0 Å². The van der Waals surface area contributed by atoms with Crippen LogP contribution >= 0.6 is 27.7 Å². The highest BCUT2D eigenvalue weighted by Gasteiger charge is 2.51. The molecule has 1 spiro atoms. The molecule has 0 unspecified atom stereocenters. The zero-order chi connectivity index (χ0) is 22.8. The third-order valence-electron chi connectivity index (χ3n) is 5.21. The highest BCUT2D eigenvalue weighted by molar-refractivity contribution is 9.10. The fraction of sp³-hybridized carbons (Fsp3) is 0.0800. The number of hydrogen-bond acceptors (Lipinski definition) is 7. The van der Waals surface area contributed by atoms with Crippen LogP contribution in [0.4, 0.5) is 11.4 Å². The average Bonchev–Trinajstić information content (AvgIpc) is 3.25. The second-order valence-electron chi connectivity index (χ2n) is 7.28. The van der Waals surface area contributed by atoms with Crippen LogP contribution in [0.1, 0.15) is 5.56 Å². The van der Waals surface area contributed by atoms with E-state index in [4.69, 9.17) is 9.84 Å². The molecule has 0 fully saturated rings. The molecule has 0 saturated carbocycles. The van der Waals surface area contributed by atoms with Gasteiger partial charge in [0.15, 0.2) is 0 Å². The van der Waals surface area contributed by atoms with Gasteiger partial charge in [0, 0.05) is 10.0 Å². The molecule has 3 aromatic carbocycles. The third-order valence-corrected chi connectivity index (χ3v) is 6.96. The minimum Gasteiger partial charge on any atom is -0.464 e. The van der Waals surface area contributed by atoms with Gasteiger partial charge in [0.2, 0.25) is 10.0 Å². The Morgan fingerprint density at radius 2 is 1.48 bits per heavy atom. The summed E-state index contributed by atoms with van der Waals surface area (Å²) >= 11 is 4.79. The maximum absolute atomic E-state index is 12.5. The van der Waals surface area contributed by atoms with E-state index in [1.54, 1.807) is 0 Å². The predicted octanol–water partition coefficient (Wildman–Crippen LogP) is 5.62. The van der Waals surface area contributed by atoms with E-state index >= 15 is 0 Å². The van der Waals surface area contributed by atoms with E-state index in [0.29, 0.717) is 0 Å². The van der Waals surface area contributed by atoms with Crippen LogP contribution in [0.5, 0.6) is 0 Å². The minimum atomic E-state index is -0.934. The van der Waals surface area contributed by atoms with Gasteiger partial charge < -0.3 is 4.74 Å². The summed E-state index contributed by atoms with van der Waals surface area (Å²) in [6.07, 6.45) is 4.00. The maximum Gasteiger partial charge on any atom is 0.365 e. The summed E-state index contributed by atoms with van der Waals surface area (Å²) < 4.78 is 5.95. The summed E-state index contributed by atoms with van der Waals surface area (Å²) in [5.41, 5.74) is 3.49. The molecule has 3 aromatic rings. The first-order valence-corrected chi connectivity index (χ1v) is 11.8. The molecule has 8 heteroatoms. The van der Waals surface area contributed by atoms with Gasteiger partial charge in [-0.25, -0.2) is 14.8 Å². The summed E-state index contributed by atoms with van der Waals surface area (Å²) in [4.78, 5) is 11.6. The Balaban J connectivity index is 1.67. The number of benzene rings is 3. The van der Waals surface area contributed by atoms with Crippen LogP contribution in [-0.4, -0.2) is 28.8 Å². The van der Waals surface area contributed by atoms with Gasteiger partial charge in [-0.05, 0) is 60.3 Å². The van der Waals surface area contributed by atoms with Crippen molar-refractivity contribution in [1.29, 1.82) is 0 Å². The van der Waals surface area contributed by atoms with Crippen molar-refractivity contribution >= 4 is 55.8 Å². The van der Waals surface area contributed by atoms with Crippen molar-refractivity contribution in [3.8, 4) is 0 Å². The Bertz CT molecular complexity index is 1260. The van der Waals surface area contributed by atoms with E-state index in [-0.39, 0.29) is 5.04 Å². The topological polar surface area (TPSA) is 57.5 Å². The van der Waals surface area contributed by atoms with Crippen molar-refractivity contribution in [3.63, 3.8) is 0 Å². The fourth-order valence-electron chi connectivity index (χ4n) is 3.65. The molecule has 5 rings (SSSR count). The van der Waals surface area contributed by atoms with Crippen molar-refractivity contribution in [3.05, 3.63) is 107 Å². The zero-order valence-corrected chi connectivity index (χ0v) is 20.0. The molecule has 2 aliphatic heterocycles. The van der Waals surface area contributed by atoms with Crippen molar-refractivity contribution < 1.29 is 9.53 Å². The molecule has 2 aliphatic rings. The number of methoxy groups -OCH3 is 1. The zero-order valence-electron chi connectivity index (χ0n) is 17.6. The summed E-state index contributed by atoms with van der Waals surface area (Å²) in [6.45, 7) is 0. The number of para-hydroxylation sites is 1. The largest absolute Gasteiger partial charge is 0.464 e. The first-order chi connectivity index (χ1) is 16.1. The number of anilines is 2. The van der Waals surface area contributed by atoms with Crippen LogP contribution in [-0.2, 0) is 9.53 Å². The number of hydrogen-bond donors (Lipinski definition) is 0. The number of rotatable bonds is 4. The number of carbonyl (C=O) groups is 1. The summed E-state index contributed by atoms with van der Waals surface area (Å²) in [7, 11) is 1.36. The van der Waals surface area contributed by atoms with Gasteiger partial charge in [-0.15, -0.1) is 0 Å². The molecule has 0 bridgehead atoms. The molecule has 0 N–H and O–H groups in total. The van der Waals surface area contributed by atoms with Crippen molar-refractivity contribution in [1.82, 2.24) is 0 Å². The monoisotopic (exact) mass is 518 g/mol. The highest BCUT2D eigenvalue weighted by atomic mass is 79.9. The number of carbonyl (C=O) groups excluding carboxylic acids is 1. The number of hydrazone groups is 2.